The zero-order chi connectivity index (χ0) is 20.1. The maximum Gasteiger partial charge on any atom is 0.278 e. The van der Waals surface area contributed by atoms with Crippen molar-refractivity contribution in [3.63, 3.8) is 0 Å². The largest absolute Gasteiger partial charge is 0.348 e. The number of hydrogen-bond acceptors (Lipinski definition) is 3. The summed E-state index contributed by atoms with van der Waals surface area (Å²) in [6, 6.07) is 6.40. The third-order valence-electron chi connectivity index (χ3n) is 6.02. The van der Waals surface area contributed by atoms with E-state index in [1.165, 1.54) is 30.0 Å². The summed E-state index contributed by atoms with van der Waals surface area (Å²) in [6.45, 7) is 4.05. The summed E-state index contributed by atoms with van der Waals surface area (Å²) in [5, 5.41) is 3.74. The van der Waals surface area contributed by atoms with Crippen molar-refractivity contribution in [2.75, 3.05) is 26.2 Å². The van der Waals surface area contributed by atoms with E-state index < -0.39 is 10.0 Å². The summed E-state index contributed by atoms with van der Waals surface area (Å²) in [7, 11) is -3.51. The van der Waals surface area contributed by atoms with Gasteiger partial charge in [0.05, 0.1) is 31.1 Å². The molecule has 1 aromatic carbocycles. The van der Waals surface area contributed by atoms with Gasteiger partial charge in [-0.1, -0.05) is 37.3 Å². The van der Waals surface area contributed by atoms with E-state index in [1.54, 1.807) is 24.3 Å². The Morgan fingerprint density at radius 1 is 1.11 bits per heavy atom. The molecule has 28 heavy (non-hydrogen) atoms. The number of nitrogens with zero attached hydrogens (tertiary/aromatic N) is 1. The fourth-order valence-electron chi connectivity index (χ4n) is 4.14. The number of carbonyl (C=O) groups excluding carboxylic acids is 1. The first-order valence-corrected chi connectivity index (χ1v) is 12.1. The van der Waals surface area contributed by atoms with Gasteiger partial charge in [0.2, 0.25) is 10.0 Å². The molecule has 2 aliphatic rings. The van der Waals surface area contributed by atoms with Gasteiger partial charge >= 0.3 is 0 Å². The number of rotatable bonds is 5. The average Bonchev–Trinajstić information content (AvgIpc) is 2.96. The Balaban J connectivity index is 1.53. The Morgan fingerprint density at radius 2 is 1.68 bits per heavy atom. The highest BCUT2D eigenvalue weighted by molar-refractivity contribution is 7.89. The number of halogens is 1. The second kappa shape index (κ2) is 9.57. The minimum atomic E-state index is -3.51. The van der Waals surface area contributed by atoms with Gasteiger partial charge in [-0.05, 0) is 44.0 Å². The molecule has 1 amide bonds. The predicted molar refractivity (Wildman–Crippen MR) is 110 cm³/mol. The van der Waals surface area contributed by atoms with Crippen LogP contribution in [0, 0.1) is 0 Å². The smallest absolute Gasteiger partial charge is 0.278 e. The minimum Gasteiger partial charge on any atom is -0.348 e. The van der Waals surface area contributed by atoms with Crippen molar-refractivity contribution >= 4 is 27.5 Å². The molecule has 0 aromatic heterocycles. The second-order valence-electron chi connectivity index (χ2n) is 7.94. The predicted octanol–water partition coefficient (Wildman–Crippen LogP) is 1.46. The summed E-state index contributed by atoms with van der Waals surface area (Å²) in [5.74, 6) is 0.0934. The third-order valence-corrected chi connectivity index (χ3v) is 8.19. The molecule has 1 saturated carbocycles. The molecule has 0 unspecified atom stereocenters. The standard InChI is InChI=1S/C20H30ClN3O3S/c1-16(20(25)22-18-6-4-2-3-5-7-18)23-12-14-24(15-13-23)28(26,27)19-10-8-17(21)9-11-19/h8-11,16,18H,2-7,12-15H2,1H3,(H,22,25)/p+1/t16-/m0/s1. The number of amides is 1. The number of sulfonamides is 1. The van der Waals surface area contributed by atoms with Crippen LogP contribution in [0.4, 0.5) is 0 Å². The highest BCUT2D eigenvalue weighted by Crippen LogP contribution is 2.19. The molecule has 1 aliphatic heterocycles. The fourth-order valence-corrected chi connectivity index (χ4v) is 5.71. The Hall–Kier alpha value is -1.15. The van der Waals surface area contributed by atoms with Gasteiger partial charge in [-0.15, -0.1) is 0 Å². The number of carbonyl (C=O) groups is 1. The van der Waals surface area contributed by atoms with E-state index in [9.17, 15) is 13.2 Å². The van der Waals surface area contributed by atoms with E-state index in [1.807, 2.05) is 6.92 Å². The number of benzene rings is 1. The molecular weight excluding hydrogens is 398 g/mol. The van der Waals surface area contributed by atoms with Gasteiger partial charge < -0.3 is 10.2 Å². The summed E-state index contributed by atoms with van der Waals surface area (Å²) in [6.07, 6.45) is 7.04. The van der Waals surface area contributed by atoms with Crippen LogP contribution < -0.4 is 10.2 Å². The fraction of sp³-hybridized carbons (Fsp3) is 0.650. The van der Waals surface area contributed by atoms with E-state index in [0.29, 0.717) is 37.2 Å². The normalized spacial score (nSPS) is 21.8. The van der Waals surface area contributed by atoms with Crippen molar-refractivity contribution in [3.05, 3.63) is 29.3 Å². The number of quaternary nitrogens is 1. The first kappa shape index (κ1) is 21.6. The molecule has 0 bridgehead atoms. The molecule has 8 heteroatoms. The lowest BCUT2D eigenvalue weighted by Crippen LogP contribution is -3.19. The molecule has 0 spiro atoms. The van der Waals surface area contributed by atoms with Crippen LogP contribution in [0.25, 0.3) is 0 Å². The Morgan fingerprint density at radius 3 is 2.25 bits per heavy atom. The molecular formula is C20H31ClN3O3S+. The van der Waals surface area contributed by atoms with Crippen LogP contribution in [0.15, 0.2) is 29.2 Å². The highest BCUT2D eigenvalue weighted by Gasteiger charge is 2.34. The molecule has 1 aromatic rings. The SMILES string of the molecule is C[C@@H](C(=O)NC1CCCCCC1)[NH+]1CCN(S(=O)(=O)c2ccc(Cl)cc2)CC1. The van der Waals surface area contributed by atoms with Crippen LogP contribution in [0.3, 0.4) is 0 Å². The van der Waals surface area contributed by atoms with Gasteiger partial charge in [-0.3, -0.25) is 4.79 Å². The van der Waals surface area contributed by atoms with E-state index >= 15 is 0 Å². The van der Waals surface area contributed by atoms with Crippen LogP contribution >= 0.6 is 11.6 Å². The summed E-state index contributed by atoms with van der Waals surface area (Å²) >= 11 is 5.86. The maximum absolute atomic E-state index is 12.8. The van der Waals surface area contributed by atoms with Crippen molar-refractivity contribution in [3.8, 4) is 0 Å². The van der Waals surface area contributed by atoms with Crippen molar-refractivity contribution in [2.24, 2.45) is 0 Å². The molecule has 1 atom stereocenters. The molecule has 1 heterocycles. The van der Waals surface area contributed by atoms with Crippen LogP contribution in [0.2, 0.25) is 5.02 Å². The molecule has 3 rings (SSSR count). The van der Waals surface area contributed by atoms with Crippen LogP contribution in [-0.4, -0.2) is 56.9 Å². The van der Waals surface area contributed by atoms with Gasteiger partial charge in [0, 0.05) is 11.1 Å². The zero-order valence-corrected chi connectivity index (χ0v) is 18.1. The maximum atomic E-state index is 12.8. The highest BCUT2D eigenvalue weighted by atomic mass is 35.5. The van der Waals surface area contributed by atoms with Gasteiger partial charge in [0.25, 0.3) is 5.91 Å². The molecule has 1 aliphatic carbocycles. The Bertz CT molecular complexity index is 753. The van der Waals surface area contributed by atoms with Crippen molar-refractivity contribution in [2.45, 2.75) is 62.4 Å². The number of hydrogen-bond donors (Lipinski definition) is 2. The van der Waals surface area contributed by atoms with Crippen molar-refractivity contribution < 1.29 is 18.1 Å². The van der Waals surface area contributed by atoms with E-state index in [4.69, 9.17) is 11.6 Å². The number of nitrogens with one attached hydrogen (secondary N) is 2. The van der Waals surface area contributed by atoms with E-state index in [0.717, 1.165) is 17.7 Å². The lowest BCUT2D eigenvalue weighted by atomic mass is 10.1. The third kappa shape index (κ3) is 5.26. The van der Waals surface area contributed by atoms with Crippen molar-refractivity contribution in [1.29, 1.82) is 0 Å². The summed E-state index contributed by atoms with van der Waals surface area (Å²) < 4.78 is 27.1. The Labute approximate surface area is 173 Å². The van der Waals surface area contributed by atoms with Gasteiger partial charge in [0.1, 0.15) is 0 Å². The molecule has 6 nitrogen and oxygen atoms in total. The lowest BCUT2D eigenvalue weighted by molar-refractivity contribution is -0.917. The van der Waals surface area contributed by atoms with Crippen LogP contribution in [0.1, 0.15) is 45.4 Å². The molecule has 2 N–H and O–H groups in total. The zero-order valence-electron chi connectivity index (χ0n) is 16.5. The molecule has 1 saturated heterocycles. The summed E-state index contributed by atoms with van der Waals surface area (Å²) in [5.41, 5.74) is 0. The Kier molecular flexibility index (Phi) is 7.36. The first-order valence-electron chi connectivity index (χ1n) is 10.3. The van der Waals surface area contributed by atoms with Crippen LogP contribution in [0.5, 0.6) is 0 Å². The number of piperazine rings is 1. The van der Waals surface area contributed by atoms with Crippen molar-refractivity contribution in [1.82, 2.24) is 9.62 Å². The molecule has 2 fully saturated rings. The van der Waals surface area contributed by atoms with E-state index in [2.05, 4.69) is 5.32 Å². The lowest BCUT2D eigenvalue weighted by Gasteiger charge is -2.34. The quantitative estimate of drug-likeness (QED) is 0.697. The second-order valence-corrected chi connectivity index (χ2v) is 10.3. The van der Waals surface area contributed by atoms with Gasteiger partial charge in [-0.2, -0.15) is 4.31 Å². The minimum absolute atomic E-state index is 0.0934. The molecule has 0 radical (unpaired) electrons. The monoisotopic (exact) mass is 428 g/mol. The van der Waals surface area contributed by atoms with Crippen LogP contribution in [-0.2, 0) is 14.8 Å². The summed E-state index contributed by atoms with van der Waals surface area (Å²) in [4.78, 5) is 14.1. The average molecular weight is 429 g/mol. The first-order chi connectivity index (χ1) is 13.4. The van der Waals surface area contributed by atoms with E-state index in [-0.39, 0.29) is 16.8 Å². The molecule has 156 valence electrons. The van der Waals surface area contributed by atoms with Gasteiger partial charge in [0.15, 0.2) is 6.04 Å². The topological polar surface area (TPSA) is 70.9 Å². The van der Waals surface area contributed by atoms with Gasteiger partial charge in [-0.25, -0.2) is 8.42 Å².